The number of alkyl carbamates (subject to hydrolysis) is 1. The number of amides is 2. The molecule has 5 atom stereocenters. The Morgan fingerprint density at radius 1 is 1.22 bits per heavy atom. The van der Waals surface area contributed by atoms with Crippen LogP contribution in [0, 0.1) is 11.8 Å². The summed E-state index contributed by atoms with van der Waals surface area (Å²) < 4.78 is 11.4. The third-order valence-corrected chi connectivity index (χ3v) is 7.36. The standard InChI is InChI=1S/C29H40N2O6/c1-7-19(2)24(30-27(35)37-28(3,4)5)25(32)31-18-29(36-6,17-23(31)26(33)34)22-15-13-21(14-16-22)20-11-9-8-10-12-20/h8-15,19,22-24H,7,16-18H2,1-6H3,(H,30,35)(H,33,34)/t19?,22?,23-,24-,29-/m0/s1. The molecule has 1 aromatic carbocycles. The number of carboxylic acid groups (broad SMARTS) is 1. The average molecular weight is 513 g/mol. The van der Waals surface area contributed by atoms with Crippen molar-refractivity contribution in [3.63, 3.8) is 0 Å². The summed E-state index contributed by atoms with van der Waals surface area (Å²) in [5.41, 5.74) is 0.622. The van der Waals surface area contributed by atoms with Crippen LogP contribution in [0.25, 0.3) is 5.57 Å². The fourth-order valence-corrected chi connectivity index (χ4v) is 5.07. The molecule has 2 N–H and O–H groups in total. The van der Waals surface area contributed by atoms with Crippen LogP contribution < -0.4 is 5.32 Å². The third-order valence-electron chi connectivity index (χ3n) is 7.36. The van der Waals surface area contributed by atoms with E-state index in [0.29, 0.717) is 12.8 Å². The Bertz CT molecular complexity index is 1040. The van der Waals surface area contributed by atoms with E-state index in [0.717, 1.165) is 11.1 Å². The lowest BCUT2D eigenvalue weighted by molar-refractivity contribution is -0.149. The van der Waals surface area contributed by atoms with Gasteiger partial charge in [-0.2, -0.15) is 0 Å². The van der Waals surface area contributed by atoms with Gasteiger partial charge in [-0.05, 0) is 44.2 Å². The van der Waals surface area contributed by atoms with Crippen molar-refractivity contribution in [2.45, 2.75) is 77.2 Å². The first-order valence-electron chi connectivity index (χ1n) is 12.9. The van der Waals surface area contributed by atoms with Gasteiger partial charge in [0, 0.05) is 19.4 Å². The number of hydrogen-bond acceptors (Lipinski definition) is 5. The predicted octanol–water partition coefficient (Wildman–Crippen LogP) is 4.66. The second-order valence-electron chi connectivity index (χ2n) is 11.0. The van der Waals surface area contributed by atoms with E-state index in [1.54, 1.807) is 27.9 Å². The van der Waals surface area contributed by atoms with Crippen molar-refractivity contribution in [3.05, 3.63) is 54.1 Å². The van der Waals surface area contributed by atoms with Crippen LogP contribution in [0.5, 0.6) is 0 Å². The summed E-state index contributed by atoms with van der Waals surface area (Å²) in [6.45, 7) is 9.13. The highest BCUT2D eigenvalue weighted by atomic mass is 16.6. The number of hydrogen-bond donors (Lipinski definition) is 2. The Balaban J connectivity index is 1.84. The first-order valence-corrected chi connectivity index (χ1v) is 12.9. The van der Waals surface area contributed by atoms with Crippen LogP contribution in [-0.2, 0) is 19.1 Å². The molecule has 202 valence electrons. The highest BCUT2D eigenvalue weighted by Gasteiger charge is 2.54. The van der Waals surface area contributed by atoms with Crippen molar-refractivity contribution in [2.75, 3.05) is 13.7 Å². The molecule has 2 amide bonds. The van der Waals surface area contributed by atoms with Crippen molar-refractivity contribution < 1.29 is 29.0 Å². The molecule has 3 rings (SSSR count). The second-order valence-corrected chi connectivity index (χ2v) is 11.0. The SMILES string of the molecule is CCC(C)[C@H](NC(=O)OC(C)(C)C)C(=O)N1C[C@](OC)(C2C=CC(c3ccccc3)=CC2)C[C@H]1C(=O)O. The molecule has 1 aliphatic carbocycles. The molecule has 1 aliphatic heterocycles. The number of aliphatic carboxylic acids is 1. The number of nitrogens with zero attached hydrogens (tertiary/aromatic N) is 1. The van der Waals surface area contributed by atoms with Gasteiger partial charge in [0.2, 0.25) is 5.91 Å². The zero-order valence-electron chi connectivity index (χ0n) is 22.7. The van der Waals surface area contributed by atoms with Gasteiger partial charge in [-0.1, -0.05) is 68.8 Å². The van der Waals surface area contributed by atoms with Crippen LogP contribution in [0.4, 0.5) is 4.79 Å². The minimum absolute atomic E-state index is 0.106. The summed E-state index contributed by atoms with van der Waals surface area (Å²) in [5, 5.41) is 12.8. The normalized spacial score (nSPS) is 25.2. The van der Waals surface area contributed by atoms with Gasteiger partial charge in [-0.3, -0.25) is 4.79 Å². The number of allylic oxidation sites excluding steroid dienone is 3. The quantitative estimate of drug-likeness (QED) is 0.525. The Morgan fingerprint density at radius 3 is 2.41 bits per heavy atom. The number of nitrogens with one attached hydrogen (secondary N) is 1. The zero-order chi connectivity index (χ0) is 27.4. The molecule has 0 bridgehead atoms. The monoisotopic (exact) mass is 512 g/mol. The number of ether oxygens (including phenoxy) is 2. The van der Waals surface area contributed by atoms with Crippen LogP contribution in [0.2, 0.25) is 0 Å². The molecule has 1 saturated heterocycles. The summed E-state index contributed by atoms with van der Waals surface area (Å²) in [4.78, 5) is 40.0. The van der Waals surface area contributed by atoms with E-state index < -0.39 is 41.3 Å². The summed E-state index contributed by atoms with van der Waals surface area (Å²) in [6, 6.07) is 8.07. The molecule has 0 aromatic heterocycles. The molecular formula is C29H40N2O6. The van der Waals surface area contributed by atoms with Gasteiger partial charge in [0.1, 0.15) is 17.7 Å². The van der Waals surface area contributed by atoms with Gasteiger partial charge < -0.3 is 24.8 Å². The number of carbonyl (C=O) groups excluding carboxylic acids is 2. The van der Waals surface area contributed by atoms with E-state index in [-0.39, 0.29) is 24.8 Å². The lowest BCUT2D eigenvalue weighted by Crippen LogP contribution is -2.55. The maximum Gasteiger partial charge on any atom is 0.408 e. The van der Waals surface area contributed by atoms with Gasteiger partial charge in [0.15, 0.2) is 0 Å². The van der Waals surface area contributed by atoms with Crippen molar-refractivity contribution in [1.29, 1.82) is 0 Å². The Kier molecular flexibility index (Phi) is 8.84. The predicted molar refractivity (Wildman–Crippen MR) is 142 cm³/mol. The number of likely N-dealkylation sites (tertiary alicyclic amines) is 1. The fourth-order valence-electron chi connectivity index (χ4n) is 5.07. The van der Waals surface area contributed by atoms with E-state index in [9.17, 15) is 19.5 Å². The van der Waals surface area contributed by atoms with E-state index in [4.69, 9.17) is 9.47 Å². The summed E-state index contributed by atoms with van der Waals surface area (Å²) in [7, 11) is 1.57. The van der Waals surface area contributed by atoms with E-state index >= 15 is 0 Å². The maximum atomic E-state index is 13.8. The number of rotatable bonds is 8. The summed E-state index contributed by atoms with van der Waals surface area (Å²) in [6.07, 6.45) is 6.96. The van der Waals surface area contributed by atoms with Crippen LogP contribution in [0.15, 0.2) is 48.6 Å². The summed E-state index contributed by atoms with van der Waals surface area (Å²) >= 11 is 0. The van der Waals surface area contributed by atoms with Crippen LogP contribution >= 0.6 is 0 Å². The van der Waals surface area contributed by atoms with E-state index in [2.05, 4.69) is 17.5 Å². The molecule has 8 heteroatoms. The molecule has 0 saturated carbocycles. The average Bonchev–Trinajstić information content (AvgIpc) is 3.28. The number of carboxylic acids is 1. The van der Waals surface area contributed by atoms with Gasteiger partial charge >= 0.3 is 12.1 Å². The molecule has 0 radical (unpaired) electrons. The van der Waals surface area contributed by atoms with E-state index in [1.165, 1.54) is 4.90 Å². The maximum absolute atomic E-state index is 13.8. The second kappa shape index (κ2) is 11.5. The number of carbonyl (C=O) groups is 3. The molecule has 1 fully saturated rings. The summed E-state index contributed by atoms with van der Waals surface area (Å²) in [5.74, 6) is -1.86. The largest absolute Gasteiger partial charge is 0.480 e. The Morgan fingerprint density at radius 2 is 1.89 bits per heavy atom. The molecule has 2 aliphatic rings. The number of benzene rings is 1. The van der Waals surface area contributed by atoms with Crippen LogP contribution in [0.1, 0.15) is 59.4 Å². The third kappa shape index (κ3) is 6.60. The molecule has 2 unspecified atom stereocenters. The lowest BCUT2D eigenvalue weighted by atomic mass is 9.79. The minimum Gasteiger partial charge on any atom is -0.480 e. The molecule has 8 nitrogen and oxygen atoms in total. The van der Waals surface area contributed by atoms with Gasteiger partial charge in [0.05, 0.1) is 12.1 Å². The zero-order valence-corrected chi connectivity index (χ0v) is 22.7. The Hall–Kier alpha value is -3.13. The van der Waals surface area contributed by atoms with Crippen molar-refractivity contribution in [1.82, 2.24) is 10.2 Å². The van der Waals surface area contributed by atoms with Crippen molar-refractivity contribution >= 4 is 23.5 Å². The molecule has 1 heterocycles. The van der Waals surface area contributed by atoms with Crippen LogP contribution in [0.3, 0.4) is 0 Å². The van der Waals surface area contributed by atoms with Crippen molar-refractivity contribution in [2.24, 2.45) is 11.8 Å². The van der Waals surface area contributed by atoms with Gasteiger partial charge in [-0.15, -0.1) is 0 Å². The lowest BCUT2D eigenvalue weighted by Gasteiger charge is -2.36. The first-order chi connectivity index (χ1) is 17.4. The highest BCUT2D eigenvalue weighted by Crippen LogP contribution is 2.42. The fraction of sp³-hybridized carbons (Fsp3) is 0.552. The molecular weight excluding hydrogens is 472 g/mol. The smallest absolute Gasteiger partial charge is 0.408 e. The van der Waals surface area contributed by atoms with E-state index in [1.807, 2.05) is 50.3 Å². The van der Waals surface area contributed by atoms with Crippen molar-refractivity contribution in [3.8, 4) is 0 Å². The Labute approximate surface area is 219 Å². The topological polar surface area (TPSA) is 105 Å². The first kappa shape index (κ1) is 28.4. The van der Waals surface area contributed by atoms with Gasteiger partial charge in [-0.25, -0.2) is 9.59 Å². The number of methoxy groups -OCH3 is 1. The van der Waals surface area contributed by atoms with Gasteiger partial charge in [0.25, 0.3) is 0 Å². The molecule has 37 heavy (non-hydrogen) atoms. The highest BCUT2D eigenvalue weighted by molar-refractivity contribution is 5.90. The minimum atomic E-state index is -1.09. The van der Waals surface area contributed by atoms with Crippen LogP contribution in [-0.4, -0.2) is 64.9 Å². The molecule has 0 spiro atoms. The molecule has 1 aromatic rings.